The van der Waals surface area contributed by atoms with E-state index in [1.807, 2.05) is 24.3 Å². The molecule has 0 saturated carbocycles. The summed E-state index contributed by atoms with van der Waals surface area (Å²) in [5.74, 6) is -1.71. The quantitative estimate of drug-likeness (QED) is 0.534. The molecule has 1 aliphatic rings. The van der Waals surface area contributed by atoms with Crippen molar-refractivity contribution in [2.24, 2.45) is 5.92 Å². The zero-order chi connectivity index (χ0) is 22.4. The number of carboxylic acids is 1. The Morgan fingerprint density at radius 2 is 1.58 bits per heavy atom. The topological polar surface area (TPSA) is 105 Å². The van der Waals surface area contributed by atoms with E-state index in [9.17, 15) is 14.4 Å². The maximum Gasteiger partial charge on any atom is 0.407 e. The van der Waals surface area contributed by atoms with Crippen LogP contribution >= 0.6 is 0 Å². The third-order valence-corrected chi connectivity index (χ3v) is 5.60. The number of hydrogen-bond donors (Lipinski definition) is 3. The first-order valence-electron chi connectivity index (χ1n) is 10.5. The van der Waals surface area contributed by atoms with E-state index < -0.39 is 18.1 Å². The molecule has 2 atom stereocenters. The van der Waals surface area contributed by atoms with Gasteiger partial charge in [-0.15, -0.1) is 0 Å². The highest BCUT2D eigenvalue weighted by Gasteiger charge is 2.29. The second-order valence-corrected chi connectivity index (χ2v) is 7.86. The van der Waals surface area contributed by atoms with Crippen molar-refractivity contribution >= 4 is 18.0 Å². The molecule has 0 aromatic heterocycles. The molecule has 0 aliphatic heterocycles. The van der Waals surface area contributed by atoms with Crippen molar-refractivity contribution in [2.75, 3.05) is 13.2 Å². The molecule has 31 heavy (non-hydrogen) atoms. The Labute approximate surface area is 181 Å². The fourth-order valence-electron chi connectivity index (χ4n) is 3.80. The number of nitrogens with one attached hydrogen (secondary N) is 2. The molecule has 7 nitrogen and oxygen atoms in total. The van der Waals surface area contributed by atoms with Crippen LogP contribution in [0.1, 0.15) is 43.7 Å². The van der Waals surface area contributed by atoms with E-state index in [1.54, 1.807) is 6.92 Å². The first-order valence-corrected chi connectivity index (χ1v) is 10.5. The summed E-state index contributed by atoms with van der Waals surface area (Å²) in [4.78, 5) is 34.9. The van der Waals surface area contributed by atoms with Crippen LogP contribution in [0, 0.1) is 5.92 Å². The highest BCUT2D eigenvalue weighted by Crippen LogP contribution is 2.44. The van der Waals surface area contributed by atoms with Crippen molar-refractivity contribution < 1.29 is 24.2 Å². The zero-order valence-corrected chi connectivity index (χ0v) is 17.8. The predicted molar refractivity (Wildman–Crippen MR) is 117 cm³/mol. The lowest BCUT2D eigenvalue weighted by Gasteiger charge is -2.16. The van der Waals surface area contributed by atoms with Gasteiger partial charge in [0.2, 0.25) is 5.91 Å². The van der Waals surface area contributed by atoms with Crippen LogP contribution in [0.4, 0.5) is 4.79 Å². The van der Waals surface area contributed by atoms with Gasteiger partial charge < -0.3 is 20.5 Å². The first kappa shape index (κ1) is 22.3. The van der Waals surface area contributed by atoms with Gasteiger partial charge in [0.25, 0.3) is 0 Å². The largest absolute Gasteiger partial charge is 0.480 e. The van der Waals surface area contributed by atoms with E-state index >= 15 is 0 Å². The highest BCUT2D eigenvalue weighted by atomic mass is 16.5. The van der Waals surface area contributed by atoms with Crippen LogP contribution in [0.15, 0.2) is 48.5 Å². The van der Waals surface area contributed by atoms with E-state index in [1.165, 1.54) is 18.1 Å². The lowest BCUT2D eigenvalue weighted by Crippen LogP contribution is -2.41. The molecule has 1 aliphatic carbocycles. The van der Waals surface area contributed by atoms with Crippen molar-refractivity contribution in [1.29, 1.82) is 0 Å². The van der Waals surface area contributed by atoms with Crippen molar-refractivity contribution in [1.82, 2.24) is 10.6 Å². The van der Waals surface area contributed by atoms with Crippen LogP contribution in [0.25, 0.3) is 11.1 Å². The smallest absolute Gasteiger partial charge is 0.407 e. The second-order valence-electron chi connectivity index (χ2n) is 7.86. The van der Waals surface area contributed by atoms with Gasteiger partial charge in [-0.05, 0) is 42.0 Å². The molecule has 164 valence electrons. The van der Waals surface area contributed by atoms with Gasteiger partial charge in [0, 0.05) is 18.4 Å². The molecular weight excluding hydrogens is 396 g/mol. The Bertz CT molecular complexity index is 913. The molecule has 0 radical (unpaired) electrons. The average Bonchev–Trinajstić information content (AvgIpc) is 3.08. The van der Waals surface area contributed by atoms with Crippen LogP contribution in [-0.2, 0) is 14.3 Å². The molecule has 2 aromatic carbocycles. The van der Waals surface area contributed by atoms with Crippen LogP contribution in [0.2, 0.25) is 0 Å². The predicted octanol–water partition coefficient (Wildman–Crippen LogP) is 3.53. The molecule has 2 amide bonds. The molecule has 0 bridgehead atoms. The van der Waals surface area contributed by atoms with Gasteiger partial charge in [-0.2, -0.15) is 0 Å². The van der Waals surface area contributed by atoms with Gasteiger partial charge in [0.1, 0.15) is 12.6 Å². The van der Waals surface area contributed by atoms with E-state index in [2.05, 4.69) is 34.9 Å². The first-order chi connectivity index (χ1) is 14.9. The van der Waals surface area contributed by atoms with E-state index in [0.29, 0.717) is 19.4 Å². The number of carbonyl (C=O) groups is 3. The summed E-state index contributed by atoms with van der Waals surface area (Å²) in [6.45, 7) is 3.79. The number of hydrogen-bond acceptors (Lipinski definition) is 4. The maximum atomic E-state index is 12.1. The summed E-state index contributed by atoms with van der Waals surface area (Å²) in [6, 6.07) is 15.4. The Morgan fingerprint density at radius 3 is 2.16 bits per heavy atom. The summed E-state index contributed by atoms with van der Waals surface area (Å²) in [7, 11) is 0. The summed E-state index contributed by atoms with van der Waals surface area (Å²) >= 11 is 0. The normalized spacial score (nSPS) is 14.1. The fraction of sp³-hybridized carbons (Fsp3) is 0.375. The number of rotatable bonds is 9. The Kier molecular flexibility index (Phi) is 7.28. The number of carboxylic acid groups (broad SMARTS) is 1. The minimum Gasteiger partial charge on any atom is -0.480 e. The van der Waals surface area contributed by atoms with Gasteiger partial charge in [-0.25, -0.2) is 4.79 Å². The molecule has 2 aromatic rings. The van der Waals surface area contributed by atoms with Gasteiger partial charge in [-0.3, -0.25) is 9.59 Å². The molecule has 0 fully saturated rings. The van der Waals surface area contributed by atoms with Crippen molar-refractivity contribution in [2.45, 2.75) is 38.6 Å². The number of amides is 2. The lowest BCUT2D eigenvalue weighted by molar-refractivity contribution is -0.141. The minimum absolute atomic E-state index is 0.0121. The zero-order valence-electron chi connectivity index (χ0n) is 17.8. The van der Waals surface area contributed by atoms with Crippen LogP contribution in [-0.4, -0.2) is 42.3 Å². The number of fused-ring (bicyclic) bond motifs is 3. The maximum absolute atomic E-state index is 12.1. The summed E-state index contributed by atoms with van der Waals surface area (Å²) in [6.07, 6.45) is 0.626. The average molecular weight is 424 g/mol. The fourth-order valence-corrected chi connectivity index (χ4v) is 3.80. The van der Waals surface area contributed by atoms with E-state index in [0.717, 1.165) is 11.1 Å². The standard InChI is InChI=1S/C24H28N2O5/c1-15(22(27)26-16(2)23(28)29)8-7-13-25-24(30)31-14-21-19-11-5-3-9-17(19)18-10-4-6-12-20(18)21/h3-6,9-12,15-16,21H,7-8,13-14H2,1-2H3,(H,25,30)(H,26,27)(H,28,29). The molecule has 2 unspecified atom stereocenters. The molecule has 0 saturated heterocycles. The van der Waals surface area contributed by atoms with Gasteiger partial charge in [-0.1, -0.05) is 55.5 Å². The Morgan fingerprint density at radius 1 is 1.00 bits per heavy atom. The van der Waals surface area contributed by atoms with Crippen molar-refractivity contribution in [3.8, 4) is 11.1 Å². The lowest BCUT2D eigenvalue weighted by atomic mass is 9.98. The third kappa shape index (κ3) is 5.42. The molecule has 3 N–H and O–H groups in total. The van der Waals surface area contributed by atoms with E-state index in [-0.39, 0.29) is 24.3 Å². The number of benzene rings is 2. The van der Waals surface area contributed by atoms with Crippen LogP contribution in [0.3, 0.4) is 0 Å². The molecule has 3 rings (SSSR count). The van der Waals surface area contributed by atoms with Gasteiger partial charge in [0.05, 0.1) is 0 Å². The number of ether oxygens (including phenoxy) is 1. The second kappa shape index (κ2) is 10.1. The molecule has 0 heterocycles. The monoisotopic (exact) mass is 424 g/mol. The minimum atomic E-state index is -1.07. The third-order valence-electron chi connectivity index (χ3n) is 5.60. The SMILES string of the molecule is CC(CCCNC(=O)OCC1c2ccccc2-c2ccccc21)C(=O)NC(C)C(=O)O. The summed E-state index contributed by atoms with van der Waals surface area (Å²) in [5, 5.41) is 14.0. The van der Waals surface area contributed by atoms with Crippen molar-refractivity contribution in [3.63, 3.8) is 0 Å². The summed E-state index contributed by atoms with van der Waals surface area (Å²) < 4.78 is 5.48. The number of alkyl carbamates (subject to hydrolysis) is 1. The molecule has 7 heteroatoms. The number of aliphatic carboxylic acids is 1. The summed E-state index contributed by atoms with van der Waals surface area (Å²) in [5.41, 5.74) is 4.67. The molecule has 0 spiro atoms. The van der Waals surface area contributed by atoms with Gasteiger partial charge >= 0.3 is 12.1 Å². The number of carbonyl (C=O) groups excluding carboxylic acids is 2. The van der Waals surface area contributed by atoms with Gasteiger partial charge in [0.15, 0.2) is 0 Å². The van der Waals surface area contributed by atoms with Crippen LogP contribution < -0.4 is 10.6 Å². The highest BCUT2D eigenvalue weighted by molar-refractivity contribution is 5.84. The van der Waals surface area contributed by atoms with Crippen LogP contribution in [0.5, 0.6) is 0 Å². The Balaban J connectivity index is 1.42. The Hall–Kier alpha value is -3.35. The molecular formula is C24H28N2O5. The van der Waals surface area contributed by atoms with Crippen molar-refractivity contribution in [3.05, 3.63) is 59.7 Å². The van der Waals surface area contributed by atoms with E-state index in [4.69, 9.17) is 9.84 Å².